The summed E-state index contributed by atoms with van der Waals surface area (Å²) in [6, 6.07) is 6.25. The van der Waals surface area contributed by atoms with E-state index in [0.717, 1.165) is 0 Å². The zero-order valence-corrected chi connectivity index (χ0v) is 18.1. The summed E-state index contributed by atoms with van der Waals surface area (Å²) in [7, 11) is 0. The van der Waals surface area contributed by atoms with Crippen LogP contribution >= 0.6 is 0 Å². The summed E-state index contributed by atoms with van der Waals surface area (Å²) < 4.78 is 46.2. The molecule has 0 aromatic heterocycles. The van der Waals surface area contributed by atoms with Crippen molar-refractivity contribution in [3.05, 3.63) is 35.4 Å². The maximum absolute atomic E-state index is 12.2. The number of rotatable bonds is 7. The molecule has 7 nitrogen and oxygen atoms in total. The van der Waals surface area contributed by atoms with E-state index in [2.05, 4.69) is 15.0 Å². The van der Waals surface area contributed by atoms with Crippen LogP contribution in [0.4, 0.5) is 18.0 Å². The van der Waals surface area contributed by atoms with E-state index in [1.165, 1.54) is 0 Å². The van der Waals surface area contributed by atoms with Crippen molar-refractivity contribution < 1.29 is 32.2 Å². The Labute approximate surface area is 180 Å². The molecule has 1 heterocycles. The van der Waals surface area contributed by atoms with Gasteiger partial charge in [0, 0.05) is 44.8 Å². The average Bonchev–Trinajstić information content (AvgIpc) is 2.66. The average molecular weight is 445 g/mol. The van der Waals surface area contributed by atoms with E-state index in [9.17, 15) is 22.8 Å². The third-order valence-corrected chi connectivity index (χ3v) is 4.49. The molecule has 0 saturated carbocycles. The lowest BCUT2D eigenvalue weighted by molar-refractivity contribution is -0.176. The van der Waals surface area contributed by atoms with Crippen LogP contribution < -0.4 is 5.32 Å². The van der Waals surface area contributed by atoms with E-state index in [4.69, 9.17) is 4.74 Å². The smallest absolute Gasteiger partial charge is 0.411 e. The first-order chi connectivity index (χ1) is 14.4. The number of amides is 2. The van der Waals surface area contributed by atoms with Crippen LogP contribution in [0, 0.1) is 0 Å². The number of halogens is 3. The fourth-order valence-corrected chi connectivity index (χ4v) is 2.95. The lowest BCUT2D eigenvalue weighted by Gasteiger charge is -2.35. The van der Waals surface area contributed by atoms with Gasteiger partial charge in [-0.1, -0.05) is 12.1 Å². The highest BCUT2D eigenvalue weighted by Crippen LogP contribution is 2.16. The van der Waals surface area contributed by atoms with E-state index < -0.39 is 18.4 Å². The zero-order chi connectivity index (χ0) is 23.1. The Kier molecular flexibility index (Phi) is 8.69. The normalized spacial score (nSPS) is 15.6. The molecule has 0 atom stereocenters. The molecule has 0 bridgehead atoms. The molecule has 174 valence electrons. The van der Waals surface area contributed by atoms with E-state index in [1.54, 1.807) is 29.2 Å². The van der Waals surface area contributed by atoms with Crippen LogP contribution in [0.5, 0.6) is 0 Å². The predicted octanol–water partition coefficient (Wildman–Crippen LogP) is 3.05. The van der Waals surface area contributed by atoms with Crippen LogP contribution in [0.2, 0.25) is 0 Å². The molecule has 1 aromatic carbocycles. The Morgan fingerprint density at radius 1 is 1.03 bits per heavy atom. The standard InChI is InChI=1S/C21H30F3N3O4/c1-20(2,3)31-19(29)27-12-10-26(11-13-27)9-8-25-18(28)17-6-4-16(5-7-17)14-30-15-21(22,23)24/h4-7H,8-15H2,1-3H3,(H,25,28). The number of carbonyl (C=O) groups is 2. The van der Waals surface area contributed by atoms with E-state index in [1.807, 2.05) is 20.8 Å². The second-order valence-corrected chi connectivity index (χ2v) is 8.37. The number of nitrogens with one attached hydrogen (secondary N) is 1. The molecule has 1 N–H and O–H groups in total. The Bertz CT molecular complexity index is 725. The summed E-state index contributed by atoms with van der Waals surface area (Å²) >= 11 is 0. The van der Waals surface area contributed by atoms with E-state index in [0.29, 0.717) is 50.4 Å². The van der Waals surface area contributed by atoms with Crippen LogP contribution in [0.1, 0.15) is 36.7 Å². The number of alkyl halides is 3. The van der Waals surface area contributed by atoms with Crippen molar-refractivity contribution in [3.8, 4) is 0 Å². The SMILES string of the molecule is CC(C)(C)OC(=O)N1CCN(CCNC(=O)c2ccc(COCC(F)(F)F)cc2)CC1. The number of hydrogen-bond acceptors (Lipinski definition) is 5. The monoisotopic (exact) mass is 445 g/mol. The van der Waals surface area contributed by atoms with Gasteiger partial charge in [-0.2, -0.15) is 13.2 Å². The third kappa shape index (κ3) is 9.56. The highest BCUT2D eigenvalue weighted by atomic mass is 19.4. The molecule has 1 saturated heterocycles. The number of hydrogen-bond donors (Lipinski definition) is 1. The number of piperazine rings is 1. The van der Waals surface area contributed by atoms with Crippen molar-refractivity contribution in [3.63, 3.8) is 0 Å². The van der Waals surface area contributed by atoms with Crippen molar-refractivity contribution >= 4 is 12.0 Å². The predicted molar refractivity (Wildman–Crippen MR) is 109 cm³/mol. The van der Waals surface area contributed by atoms with Crippen LogP contribution in [0.3, 0.4) is 0 Å². The van der Waals surface area contributed by atoms with Gasteiger partial charge in [0.25, 0.3) is 5.91 Å². The first-order valence-electron chi connectivity index (χ1n) is 10.1. The second-order valence-electron chi connectivity index (χ2n) is 8.37. The van der Waals surface area contributed by atoms with Gasteiger partial charge in [-0.3, -0.25) is 9.69 Å². The van der Waals surface area contributed by atoms with Gasteiger partial charge in [0.15, 0.2) is 0 Å². The van der Waals surface area contributed by atoms with Gasteiger partial charge < -0.3 is 19.7 Å². The maximum Gasteiger partial charge on any atom is 0.411 e. The van der Waals surface area contributed by atoms with Crippen molar-refractivity contribution in [2.45, 2.75) is 39.2 Å². The maximum atomic E-state index is 12.2. The van der Waals surface area contributed by atoms with Crippen LogP contribution in [0.25, 0.3) is 0 Å². The Hall–Kier alpha value is -2.33. The van der Waals surface area contributed by atoms with Crippen molar-refractivity contribution in [1.29, 1.82) is 0 Å². The molecule has 0 spiro atoms. The molecule has 2 amide bonds. The molecule has 31 heavy (non-hydrogen) atoms. The van der Waals surface area contributed by atoms with Gasteiger partial charge in [0.1, 0.15) is 12.2 Å². The van der Waals surface area contributed by atoms with Crippen molar-refractivity contribution in [2.24, 2.45) is 0 Å². The minimum atomic E-state index is -4.36. The van der Waals surface area contributed by atoms with Gasteiger partial charge in [-0.15, -0.1) is 0 Å². The van der Waals surface area contributed by atoms with Crippen LogP contribution in [-0.4, -0.2) is 79.5 Å². The summed E-state index contributed by atoms with van der Waals surface area (Å²) in [4.78, 5) is 28.2. The summed E-state index contributed by atoms with van der Waals surface area (Å²) in [6.45, 7) is 7.65. The fourth-order valence-electron chi connectivity index (χ4n) is 2.95. The van der Waals surface area contributed by atoms with Gasteiger partial charge in [-0.05, 0) is 38.5 Å². The third-order valence-electron chi connectivity index (χ3n) is 4.49. The topological polar surface area (TPSA) is 71.1 Å². The van der Waals surface area contributed by atoms with Crippen LogP contribution in [-0.2, 0) is 16.1 Å². The summed E-state index contributed by atoms with van der Waals surface area (Å²) in [5.74, 6) is -0.254. The fraction of sp³-hybridized carbons (Fsp3) is 0.619. The highest BCUT2D eigenvalue weighted by molar-refractivity contribution is 5.94. The lowest BCUT2D eigenvalue weighted by atomic mass is 10.1. The summed E-state index contributed by atoms with van der Waals surface area (Å²) in [6.07, 6.45) is -4.67. The summed E-state index contributed by atoms with van der Waals surface area (Å²) in [5, 5.41) is 2.83. The largest absolute Gasteiger partial charge is 0.444 e. The van der Waals surface area contributed by atoms with Gasteiger partial charge in [-0.25, -0.2) is 4.79 Å². The first-order valence-corrected chi connectivity index (χ1v) is 10.1. The molecule has 0 radical (unpaired) electrons. The van der Waals surface area contributed by atoms with Gasteiger partial charge in [0.05, 0.1) is 6.61 Å². The minimum absolute atomic E-state index is 0.170. The summed E-state index contributed by atoms with van der Waals surface area (Å²) in [5.41, 5.74) is 0.463. The van der Waals surface area contributed by atoms with Gasteiger partial charge >= 0.3 is 12.3 Å². The van der Waals surface area contributed by atoms with E-state index in [-0.39, 0.29) is 18.6 Å². The number of benzene rings is 1. The molecule has 0 aliphatic carbocycles. The Morgan fingerprint density at radius 3 is 2.19 bits per heavy atom. The quantitative estimate of drug-likeness (QED) is 0.699. The number of nitrogens with zero attached hydrogens (tertiary/aromatic N) is 2. The molecule has 1 aliphatic rings. The van der Waals surface area contributed by atoms with Crippen LogP contribution in [0.15, 0.2) is 24.3 Å². The van der Waals surface area contributed by atoms with Crippen molar-refractivity contribution in [1.82, 2.24) is 15.1 Å². The molecule has 10 heteroatoms. The Balaban J connectivity index is 1.66. The number of ether oxygens (including phenoxy) is 2. The number of carbonyl (C=O) groups excluding carboxylic acids is 2. The zero-order valence-electron chi connectivity index (χ0n) is 18.1. The highest BCUT2D eigenvalue weighted by Gasteiger charge is 2.27. The molecule has 2 rings (SSSR count). The molecule has 1 fully saturated rings. The molecule has 0 unspecified atom stereocenters. The second kappa shape index (κ2) is 10.8. The van der Waals surface area contributed by atoms with E-state index >= 15 is 0 Å². The van der Waals surface area contributed by atoms with Gasteiger partial charge in [0.2, 0.25) is 0 Å². The molecular formula is C21H30F3N3O4. The molecule has 1 aliphatic heterocycles. The molecular weight excluding hydrogens is 415 g/mol. The minimum Gasteiger partial charge on any atom is -0.444 e. The first kappa shape index (κ1) is 24.9. The molecule has 1 aromatic rings. The lowest BCUT2D eigenvalue weighted by Crippen LogP contribution is -2.51. The van der Waals surface area contributed by atoms with Crippen molar-refractivity contribution in [2.75, 3.05) is 45.9 Å². The Morgan fingerprint density at radius 2 is 1.65 bits per heavy atom.